The number of fused-ring (bicyclic) bond motifs is 1. The molecule has 70 valence electrons. The summed E-state index contributed by atoms with van der Waals surface area (Å²) < 4.78 is 0. The predicted octanol–water partition coefficient (Wildman–Crippen LogP) is 0.779. The van der Waals surface area contributed by atoms with Crippen molar-refractivity contribution in [1.82, 2.24) is 9.97 Å². The minimum Gasteiger partial charge on any atom is -0.369 e. The number of H-pyrrole nitrogens is 1. The highest BCUT2D eigenvalue weighted by molar-refractivity contribution is 8.00. The van der Waals surface area contributed by atoms with Gasteiger partial charge in [-0.25, -0.2) is 4.98 Å². The van der Waals surface area contributed by atoms with Crippen LogP contribution in [-0.2, 0) is 6.42 Å². The van der Waals surface area contributed by atoms with Crippen LogP contribution in [0, 0.1) is 0 Å². The minimum atomic E-state index is -0.0981. The smallest absolute Gasteiger partial charge is 0.266 e. The van der Waals surface area contributed by atoms with E-state index in [1.807, 2.05) is 0 Å². The predicted molar refractivity (Wildman–Crippen MR) is 52.9 cm³/mol. The van der Waals surface area contributed by atoms with E-state index in [0.717, 1.165) is 23.4 Å². The summed E-state index contributed by atoms with van der Waals surface area (Å²) in [5, 5.41) is 0.499. The van der Waals surface area contributed by atoms with Crippen molar-refractivity contribution in [1.29, 1.82) is 0 Å². The van der Waals surface area contributed by atoms with E-state index in [0.29, 0.717) is 5.25 Å². The van der Waals surface area contributed by atoms with E-state index in [9.17, 15) is 4.79 Å². The molecule has 0 saturated heterocycles. The standard InChI is InChI=1S/C8H11N3OS/c1-4-2-3-5-6(13-4)7(12)11-8(9)10-5/h4H,2-3H2,1H3,(H3,9,10,11,12). The van der Waals surface area contributed by atoms with E-state index >= 15 is 0 Å². The molecule has 0 aliphatic carbocycles. The number of rotatable bonds is 0. The Morgan fingerprint density at radius 2 is 2.46 bits per heavy atom. The van der Waals surface area contributed by atoms with E-state index < -0.39 is 0 Å². The van der Waals surface area contributed by atoms with Crippen molar-refractivity contribution in [2.45, 2.75) is 29.9 Å². The van der Waals surface area contributed by atoms with Crippen molar-refractivity contribution in [2.75, 3.05) is 5.73 Å². The third kappa shape index (κ3) is 1.56. The van der Waals surface area contributed by atoms with Gasteiger partial charge in [-0.15, -0.1) is 11.8 Å². The maximum Gasteiger partial charge on any atom is 0.266 e. The lowest BCUT2D eigenvalue weighted by molar-refractivity contribution is 0.744. The Balaban J connectivity index is 2.53. The minimum absolute atomic E-state index is 0.0981. The lowest BCUT2D eigenvalue weighted by atomic mass is 10.2. The van der Waals surface area contributed by atoms with Crippen molar-refractivity contribution in [3.8, 4) is 0 Å². The summed E-state index contributed by atoms with van der Waals surface area (Å²) in [6.45, 7) is 2.11. The summed E-state index contributed by atoms with van der Waals surface area (Å²) in [5.41, 5.74) is 6.19. The Hall–Kier alpha value is -0.970. The zero-order valence-corrected chi connectivity index (χ0v) is 8.15. The number of thioether (sulfide) groups is 1. The molecule has 1 unspecified atom stereocenters. The molecule has 1 aliphatic heterocycles. The maximum atomic E-state index is 11.4. The SMILES string of the molecule is CC1CCc2nc(N)[nH]c(=O)c2S1. The Morgan fingerprint density at radius 3 is 3.23 bits per heavy atom. The third-order valence-electron chi connectivity index (χ3n) is 2.07. The molecule has 0 bridgehead atoms. The van der Waals surface area contributed by atoms with Gasteiger partial charge in [0.15, 0.2) is 0 Å². The first-order valence-corrected chi connectivity index (χ1v) is 5.10. The molecule has 0 amide bonds. The molecule has 0 aromatic carbocycles. The van der Waals surface area contributed by atoms with Gasteiger partial charge in [0.1, 0.15) is 0 Å². The van der Waals surface area contributed by atoms with Crippen molar-refractivity contribution >= 4 is 17.7 Å². The van der Waals surface area contributed by atoms with Crippen LogP contribution < -0.4 is 11.3 Å². The molecule has 0 saturated carbocycles. The number of nitrogens with one attached hydrogen (secondary N) is 1. The number of nitrogen functional groups attached to an aromatic ring is 1. The van der Waals surface area contributed by atoms with E-state index in [1.165, 1.54) is 0 Å². The molecule has 5 heteroatoms. The van der Waals surface area contributed by atoms with E-state index in [2.05, 4.69) is 16.9 Å². The summed E-state index contributed by atoms with van der Waals surface area (Å²) in [6, 6.07) is 0. The first kappa shape index (κ1) is 8.62. The monoisotopic (exact) mass is 197 g/mol. The normalized spacial score (nSPS) is 21.2. The summed E-state index contributed by atoms with van der Waals surface area (Å²) >= 11 is 1.59. The van der Waals surface area contributed by atoms with Crippen molar-refractivity contribution in [3.05, 3.63) is 16.0 Å². The maximum absolute atomic E-state index is 11.4. The average molecular weight is 197 g/mol. The van der Waals surface area contributed by atoms with Gasteiger partial charge in [-0.2, -0.15) is 0 Å². The number of nitrogens with two attached hydrogens (primary N) is 1. The molecule has 0 spiro atoms. The topological polar surface area (TPSA) is 71.8 Å². The molecule has 1 aromatic rings. The summed E-state index contributed by atoms with van der Waals surface area (Å²) in [4.78, 5) is 18.8. The van der Waals surface area contributed by atoms with Crippen LogP contribution in [0.2, 0.25) is 0 Å². The van der Waals surface area contributed by atoms with E-state index in [1.54, 1.807) is 11.8 Å². The highest BCUT2D eigenvalue weighted by Gasteiger charge is 2.20. The van der Waals surface area contributed by atoms with Crippen LogP contribution >= 0.6 is 11.8 Å². The van der Waals surface area contributed by atoms with E-state index in [-0.39, 0.29) is 11.5 Å². The molecule has 2 heterocycles. The second kappa shape index (κ2) is 3.06. The summed E-state index contributed by atoms with van der Waals surface area (Å²) in [5.74, 6) is 0.221. The van der Waals surface area contributed by atoms with E-state index in [4.69, 9.17) is 5.73 Å². The molecule has 1 aromatic heterocycles. The molecule has 2 rings (SSSR count). The Morgan fingerprint density at radius 1 is 1.69 bits per heavy atom. The van der Waals surface area contributed by atoms with Crippen LogP contribution in [0.25, 0.3) is 0 Å². The van der Waals surface area contributed by atoms with Crippen molar-refractivity contribution in [2.24, 2.45) is 0 Å². The zero-order valence-electron chi connectivity index (χ0n) is 7.33. The fourth-order valence-corrected chi connectivity index (χ4v) is 2.50. The van der Waals surface area contributed by atoms with Crippen LogP contribution in [0.4, 0.5) is 5.95 Å². The third-order valence-corrected chi connectivity index (χ3v) is 3.37. The molecule has 1 aliphatic rings. The first-order valence-electron chi connectivity index (χ1n) is 4.22. The zero-order chi connectivity index (χ0) is 9.42. The second-order valence-electron chi connectivity index (χ2n) is 3.19. The number of hydrogen-bond acceptors (Lipinski definition) is 4. The number of aryl methyl sites for hydroxylation is 1. The number of aromatic amines is 1. The average Bonchev–Trinajstić information content (AvgIpc) is 2.06. The quantitative estimate of drug-likeness (QED) is 0.644. The Bertz CT molecular complexity index is 387. The van der Waals surface area contributed by atoms with Gasteiger partial charge >= 0.3 is 0 Å². The molecule has 3 N–H and O–H groups in total. The highest BCUT2D eigenvalue weighted by atomic mass is 32.2. The summed E-state index contributed by atoms with van der Waals surface area (Å²) in [6.07, 6.45) is 1.92. The highest BCUT2D eigenvalue weighted by Crippen LogP contribution is 2.31. The lowest BCUT2D eigenvalue weighted by Gasteiger charge is -2.18. The van der Waals surface area contributed by atoms with Crippen molar-refractivity contribution < 1.29 is 0 Å². The molecule has 1 atom stereocenters. The van der Waals surface area contributed by atoms with Gasteiger partial charge in [0.25, 0.3) is 5.56 Å². The van der Waals surface area contributed by atoms with Gasteiger partial charge < -0.3 is 5.73 Å². The summed E-state index contributed by atoms with van der Waals surface area (Å²) in [7, 11) is 0. The molecule has 13 heavy (non-hydrogen) atoms. The van der Waals surface area contributed by atoms with Gasteiger partial charge in [0, 0.05) is 5.25 Å². The molecular formula is C8H11N3OS. The molecular weight excluding hydrogens is 186 g/mol. The molecule has 0 radical (unpaired) electrons. The van der Waals surface area contributed by atoms with Gasteiger partial charge in [-0.3, -0.25) is 9.78 Å². The number of aromatic nitrogens is 2. The fraction of sp³-hybridized carbons (Fsp3) is 0.500. The lowest BCUT2D eigenvalue weighted by Crippen LogP contribution is -2.21. The van der Waals surface area contributed by atoms with Gasteiger partial charge in [-0.05, 0) is 12.8 Å². The molecule has 0 fully saturated rings. The number of nitrogens with zero attached hydrogens (tertiary/aromatic N) is 1. The van der Waals surface area contributed by atoms with Crippen LogP contribution in [0.5, 0.6) is 0 Å². The van der Waals surface area contributed by atoms with Crippen molar-refractivity contribution in [3.63, 3.8) is 0 Å². The van der Waals surface area contributed by atoms with Crippen LogP contribution in [0.15, 0.2) is 9.69 Å². The molecule has 4 nitrogen and oxygen atoms in total. The van der Waals surface area contributed by atoms with Crippen LogP contribution in [0.3, 0.4) is 0 Å². The van der Waals surface area contributed by atoms with Crippen LogP contribution in [0.1, 0.15) is 19.0 Å². The van der Waals surface area contributed by atoms with Crippen LogP contribution in [-0.4, -0.2) is 15.2 Å². The Labute approximate surface area is 79.9 Å². The Kier molecular flexibility index (Phi) is 2.03. The largest absolute Gasteiger partial charge is 0.369 e. The number of anilines is 1. The fourth-order valence-electron chi connectivity index (χ4n) is 1.42. The van der Waals surface area contributed by atoms with Gasteiger partial charge in [0.05, 0.1) is 10.6 Å². The van der Waals surface area contributed by atoms with Gasteiger partial charge in [-0.1, -0.05) is 6.92 Å². The number of hydrogen-bond donors (Lipinski definition) is 2. The first-order chi connectivity index (χ1) is 6.16. The second-order valence-corrected chi connectivity index (χ2v) is 4.64. The van der Waals surface area contributed by atoms with Gasteiger partial charge in [0.2, 0.25) is 5.95 Å².